The third-order valence-electron chi connectivity index (χ3n) is 14.7. The second-order valence-electron chi connectivity index (χ2n) is 24.1. The highest BCUT2D eigenvalue weighted by Crippen LogP contribution is 2.45. The van der Waals surface area contributed by atoms with Crippen LogP contribution in [0.5, 0.6) is 0 Å². The lowest BCUT2D eigenvalue weighted by Gasteiger charge is -2.21. The Morgan fingerprint density at radius 3 is 0.878 bits per heavy atom. The highest BCUT2D eigenvalue weighted by Gasteiger charge is 2.30. The van der Waals surface area contributed by atoms with E-state index in [1.54, 1.807) is 0 Å². The van der Waals surface area contributed by atoms with Crippen molar-refractivity contribution < 1.29 is 80.2 Å². The molecule has 3 N–H and O–H groups in total. The van der Waals surface area contributed by atoms with E-state index in [9.17, 15) is 43.2 Å². The molecule has 0 fully saturated rings. The first-order valence-corrected chi connectivity index (χ1v) is 40.1. The van der Waals surface area contributed by atoms with Crippen molar-refractivity contribution in [3.8, 4) is 0 Å². The molecular weight excluding hydrogens is 1280 g/mol. The fourth-order valence-corrected chi connectivity index (χ4v) is 10.7. The molecule has 0 aromatic carbocycles. The molecule has 558 valence electrons. The summed E-state index contributed by atoms with van der Waals surface area (Å²) in [7, 11) is -9.99. The summed E-state index contributed by atoms with van der Waals surface area (Å²) < 4.78 is 68.3. The van der Waals surface area contributed by atoms with Crippen molar-refractivity contribution in [3.05, 3.63) is 146 Å². The van der Waals surface area contributed by atoms with Gasteiger partial charge in [0.2, 0.25) is 0 Å². The van der Waals surface area contributed by atoms with Crippen LogP contribution in [-0.4, -0.2) is 96.7 Å². The first-order chi connectivity index (χ1) is 47.7. The van der Waals surface area contributed by atoms with Crippen LogP contribution in [0.4, 0.5) is 0 Å². The minimum Gasteiger partial charge on any atom is -0.462 e. The third-order valence-corrected chi connectivity index (χ3v) is 16.7. The molecule has 19 heteroatoms. The van der Waals surface area contributed by atoms with Gasteiger partial charge < -0.3 is 33.8 Å². The van der Waals surface area contributed by atoms with Crippen molar-refractivity contribution in [2.45, 2.75) is 290 Å². The number of phosphoric acid groups is 2. The van der Waals surface area contributed by atoms with Crippen LogP contribution < -0.4 is 0 Å². The normalized spacial score (nSPS) is 14.8. The summed E-state index contributed by atoms with van der Waals surface area (Å²) in [5.74, 6) is -2.31. The monoisotopic (exact) mass is 1410 g/mol. The summed E-state index contributed by atoms with van der Waals surface area (Å²) in [6.45, 7) is 4.39. The van der Waals surface area contributed by atoms with Gasteiger partial charge in [-0.1, -0.05) is 231 Å². The van der Waals surface area contributed by atoms with Gasteiger partial charge in [0.15, 0.2) is 12.2 Å². The maximum atomic E-state index is 13.1. The molecule has 0 amide bonds. The van der Waals surface area contributed by atoms with Gasteiger partial charge in [-0.3, -0.25) is 37.3 Å². The number of ether oxygens (including phenoxy) is 4. The average Bonchev–Trinajstić information content (AvgIpc) is 1.04. The summed E-state index contributed by atoms with van der Waals surface area (Å²) in [5.41, 5.74) is 0. The molecule has 0 aliphatic carbocycles. The van der Waals surface area contributed by atoms with E-state index in [2.05, 4.69) is 174 Å². The Bertz CT molecular complexity index is 2430. The molecule has 0 heterocycles. The summed E-state index contributed by atoms with van der Waals surface area (Å²) >= 11 is 0. The number of carbonyl (C=O) groups is 4. The first-order valence-electron chi connectivity index (χ1n) is 37.1. The van der Waals surface area contributed by atoms with Gasteiger partial charge in [-0.25, -0.2) is 9.13 Å². The van der Waals surface area contributed by atoms with Gasteiger partial charge >= 0.3 is 39.5 Å². The van der Waals surface area contributed by atoms with Gasteiger partial charge in [0.25, 0.3) is 0 Å². The van der Waals surface area contributed by atoms with E-state index >= 15 is 0 Å². The van der Waals surface area contributed by atoms with E-state index in [1.165, 1.54) is 19.3 Å². The van der Waals surface area contributed by atoms with Crippen LogP contribution >= 0.6 is 15.6 Å². The number of esters is 4. The molecule has 0 rings (SSSR count). The van der Waals surface area contributed by atoms with Gasteiger partial charge in [0.05, 0.1) is 26.4 Å². The standard InChI is InChI=1S/C79H130O17P2/c1-5-9-13-17-21-25-29-33-36-40-43-47-51-55-59-63-76(81)89-69-74(95-78(83)65-61-57-53-49-45-39-32-28-24-20-16-12-8-4)71-93-97(85,86)91-67-73(80)68-92-98(87,88)94-72-75(96-79(84)66-62-58-54-50-46-42-38-35-31-27-23-19-15-11-7-3)70-90-77(82)64-60-56-52-48-44-41-37-34-30-26-22-18-14-10-6-2/h10-11,14-16,20-23,25-28,32-38,44,46,48,50,73-75,80H,5-9,12-13,17-19,24,29-31,39-43,45,47,49,51-72H2,1-4H3,(H,85,86)(H,87,88)/b14-10-,15-11-,20-16-,25-21-,26-22-,27-23-,32-28-,36-33-,37-34-,38-35-,48-44-,50-46-. The Kier molecular flexibility index (Phi) is 66.7. The minimum atomic E-state index is -5.00. The minimum absolute atomic E-state index is 0.0283. The molecule has 5 atom stereocenters. The number of hydrogen-bond donors (Lipinski definition) is 3. The van der Waals surface area contributed by atoms with E-state index in [0.29, 0.717) is 32.1 Å². The lowest BCUT2D eigenvalue weighted by Crippen LogP contribution is -2.30. The van der Waals surface area contributed by atoms with Crippen LogP contribution in [0.1, 0.15) is 272 Å². The number of aliphatic hydroxyl groups excluding tert-OH is 1. The van der Waals surface area contributed by atoms with Gasteiger partial charge in [-0.05, 0) is 161 Å². The Hall–Kier alpha value is -5.06. The van der Waals surface area contributed by atoms with E-state index < -0.39 is 97.5 Å². The van der Waals surface area contributed by atoms with Crippen LogP contribution in [-0.2, 0) is 65.4 Å². The number of rotatable bonds is 68. The van der Waals surface area contributed by atoms with Crippen molar-refractivity contribution in [3.63, 3.8) is 0 Å². The van der Waals surface area contributed by atoms with Crippen LogP contribution in [0, 0.1) is 0 Å². The molecule has 0 saturated heterocycles. The SMILES string of the molecule is CC/C=C\C/C=C\C/C=C\C/C=C\CCCCC(=O)OCC(COP(=O)(O)OCC(O)COP(=O)(O)OCC(COC(=O)CCCCCCC/C=C\C/C=C\CCCCC)OC(=O)CCCCCCC/C=C\C/C=C\CCC)OC(=O)CCCC/C=C\C/C=C\C/C=C\C/C=C\CC. The fourth-order valence-electron chi connectivity index (χ4n) is 9.15. The molecule has 0 saturated carbocycles. The van der Waals surface area contributed by atoms with Crippen molar-refractivity contribution >= 4 is 39.5 Å². The molecule has 5 unspecified atom stereocenters. The predicted molar refractivity (Wildman–Crippen MR) is 399 cm³/mol. The molecule has 0 aromatic heterocycles. The van der Waals surface area contributed by atoms with Crippen molar-refractivity contribution in [1.82, 2.24) is 0 Å². The number of phosphoric ester groups is 2. The highest BCUT2D eigenvalue weighted by atomic mass is 31.2. The van der Waals surface area contributed by atoms with Gasteiger partial charge in [0, 0.05) is 25.7 Å². The molecule has 0 radical (unpaired) electrons. The number of aliphatic hydroxyl groups is 1. The van der Waals surface area contributed by atoms with Crippen molar-refractivity contribution in [1.29, 1.82) is 0 Å². The molecule has 98 heavy (non-hydrogen) atoms. The summed E-state index contributed by atoms with van der Waals surface area (Å²) in [4.78, 5) is 72.8. The number of allylic oxidation sites excluding steroid dienone is 24. The van der Waals surface area contributed by atoms with Crippen LogP contribution in [0.3, 0.4) is 0 Å². The molecular formula is C79H130O17P2. The molecule has 0 aliphatic heterocycles. The highest BCUT2D eigenvalue weighted by molar-refractivity contribution is 7.47. The lowest BCUT2D eigenvalue weighted by molar-refractivity contribution is -0.161. The maximum Gasteiger partial charge on any atom is 0.472 e. The first kappa shape index (κ1) is 92.9. The van der Waals surface area contributed by atoms with Crippen molar-refractivity contribution in [2.75, 3.05) is 39.6 Å². The lowest BCUT2D eigenvalue weighted by atomic mass is 10.1. The molecule has 0 bridgehead atoms. The average molecular weight is 1410 g/mol. The zero-order valence-corrected chi connectivity index (χ0v) is 62.4. The third kappa shape index (κ3) is 69.4. The second-order valence-corrected chi connectivity index (χ2v) is 27.0. The van der Waals surface area contributed by atoms with E-state index in [0.717, 1.165) is 167 Å². The topological polar surface area (TPSA) is 237 Å². The summed E-state index contributed by atoms with van der Waals surface area (Å²) in [6, 6.07) is 0. The van der Waals surface area contributed by atoms with Gasteiger partial charge in [-0.2, -0.15) is 0 Å². The zero-order chi connectivity index (χ0) is 71.8. The van der Waals surface area contributed by atoms with Crippen LogP contribution in [0.2, 0.25) is 0 Å². The quantitative estimate of drug-likeness (QED) is 0.0169. The van der Waals surface area contributed by atoms with Crippen LogP contribution in [0.25, 0.3) is 0 Å². The zero-order valence-electron chi connectivity index (χ0n) is 60.7. The number of carbonyl (C=O) groups excluding carboxylic acids is 4. The molecule has 0 spiro atoms. The Morgan fingerprint density at radius 1 is 0.296 bits per heavy atom. The van der Waals surface area contributed by atoms with Gasteiger partial charge in [-0.15, -0.1) is 0 Å². The maximum absolute atomic E-state index is 13.1. The molecule has 17 nitrogen and oxygen atoms in total. The second kappa shape index (κ2) is 70.4. The Balaban J connectivity index is 5.45. The molecule has 0 aliphatic rings. The number of unbranched alkanes of at least 4 members (excludes halogenated alkanes) is 18. The Morgan fingerprint density at radius 2 is 0.551 bits per heavy atom. The number of hydrogen-bond acceptors (Lipinski definition) is 15. The van der Waals surface area contributed by atoms with E-state index in [4.69, 9.17) is 37.0 Å². The largest absolute Gasteiger partial charge is 0.472 e. The smallest absolute Gasteiger partial charge is 0.462 e. The molecule has 0 aromatic rings. The van der Waals surface area contributed by atoms with Gasteiger partial charge in [0.1, 0.15) is 19.3 Å². The summed E-state index contributed by atoms with van der Waals surface area (Å²) in [6.07, 6.45) is 78.5. The summed E-state index contributed by atoms with van der Waals surface area (Å²) in [5, 5.41) is 10.6. The van der Waals surface area contributed by atoms with Crippen LogP contribution in [0.15, 0.2) is 146 Å². The van der Waals surface area contributed by atoms with E-state index in [1.807, 2.05) is 0 Å². The fraction of sp³-hybridized carbons (Fsp3) is 0.646. The predicted octanol–water partition coefficient (Wildman–Crippen LogP) is 21.1. The van der Waals surface area contributed by atoms with Crippen molar-refractivity contribution in [2.24, 2.45) is 0 Å². The Labute approximate surface area is 592 Å². The van der Waals surface area contributed by atoms with E-state index in [-0.39, 0.29) is 25.7 Å².